The molecule has 1 aromatic heterocycles. The van der Waals surface area contributed by atoms with Crippen molar-refractivity contribution in [1.29, 1.82) is 0 Å². The summed E-state index contributed by atoms with van der Waals surface area (Å²) >= 11 is 5.99. The minimum absolute atomic E-state index is 0.0120. The Morgan fingerprint density at radius 1 is 1.11 bits per heavy atom. The quantitative estimate of drug-likeness (QED) is 0.237. The van der Waals surface area contributed by atoms with E-state index in [1.807, 2.05) is 36.4 Å². The number of amides is 1. The van der Waals surface area contributed by atoms with Crippen LogP contribution in [-0.2, 0) is 9.53 Å². The molecule has 202 valence electrons. The van der Waals surface area contributed by atoms with Crippen LogP contribution in [0.3, 0.4) is 0 Å². The average Bonchev–Trinajstić information content (AvgIpc) is 2.91. The van der Waals surface area contributed by atoms with E-state index in [1.165, 1.54) is 0 Å². The SMILES string of the molecule is COCCOc1ccc(Nc2ncc(F)c(NC3CCCC(NC(=O)CNc4cccc(Cl)c4)C3)n2)cc1. The lowest BCUT2D eigenvalue weighted by Gasteiger charge is -2.30. The van der Waals surface area contributed by atoms with E-state index in [0.717, 1.165) is 36.8 Å². The largest absolute Gasteiger partial charge is 0.491 e. The van der Waals surface area contributed by atoms with Crippen LogP contribution < -0.4 is 26.0 Å². The molecule has 1 fully saturated rings. The highest BCUT2D eigenvalue weighted by atomic mass is 35.5. The molecule has 1 aliphatic rings. The van der Waals surface area contributed by atoms with Gasteiger partial charge in [-0.3, -0.25) is 4.79 Å². The second kappa shape index (κ2) is 13.8. The minimum atomic E-state index is -0.533. The molecule has 0 aliphatic heterocycles. The Labute approximate surface area is 226 Å². The summed E-state index contributed by atoms with van der Waals surface area (Å²) in [5, 5.41) is 13.0. The van der Waals surface area contributed by atoms with Gasteiger partial charge in [0.25, 0.3) is 0 Å². The van der Waals surface area contributed by atoms with Crippen molar-refractivity contribution in [1.82, 2.24) is 15.3 Å². The van der Waals surface area contributed by atoms with Gasteiger partial charge in [0.1, 0.15) is 12.4 Å². The molecular formula is C27H32ClFN6O3. The van der Waals surface area contributed by atoms with E-state index in [9.17, 15) is 9.18 Å². The van der Waals surface area contributed by atoms with Crippen molar-refractivity contribution in [3.8, 4) is 5.75 Å². The van der Waals surface area contributed by atoms with Gasteiger partial charge in [-0.25, -0.2) is 9.37 Å². The fourth-order valence-electron chi connectivity index (χ4n) is 4.24. The molecule has 9 nitrogen and oxygen atoms in total. The summed E-state index contributed by atoms with van der Waals surface area (Å²) in [6.45, 7) is 1.12. The van der Waals surface area contributed by atoms with Crippen molar-refractivity contribution in [2.24, 2.45) is 0 Å². The highest BCUT2D eigenvalue weighted by Gasteiger charge is 2.24. The number of methoxy groups -OCH3 is 1. The number of aromatic nitrogens is 2. The molecule has 2 atom stereocenters. The molecule has 2 aromatic carbocycles. The molecule has 0 radical (unpaired) electrons. The molecule has 4 N–H and O–H groups in total. The highest BCUT2D eigenvalue weighted by Crippen LogP contribution is 2.24. The third-order valence-electron chi connectivity index (χ3n) is 6.07. The first-order chi connectivity index (χ1) is 18.5. The minimum Gasteiger partial charge on any atom is -0.491 e. The van der Waals surface area contributed by atoms with Crippen molar-refractivity contribution in [3.05, 3.63) is 65.6 Å². The van der Waals surface area contributed by atoms with Gasteiger partial charge in [0.15, 0.2) is 11.6 Å². The predicted molar refractivity (Wildman–Crippen MR) is 147 cm³/mol. The van der Waals surface area contributed by atoms with Gasteiger partial charge in [-0.05, 0) is 68.1 Å². The van der Waals surface area contributed by atoms with Gasteiger partial charge in [0.2, 0.25) is 11.9 Å². The van der Waals surface area contributed by atoms with Crippen molar-refractivity contribution in [2.75, 3.05) is 42.8 Å². The Balaban J connectivity index is 1.28. The van der Waals surface area contributed by atoms with Gasteiger partial charge in [-0.15, -0.1) is 0 Å². The molecule has 1 aliphatic carbocycles. The number of ether oxygens (including phenoxy) is 2. The number of hydrogen-bond acceptors (Lipinski definition) is 8. The molecule has 1 saturated carbocycles. The molecule has 0 saturated heterocycles. The van der Waals surface area contributed by atoms with E-state index in [0.29, 0.717) is 30.4 Å². The maximum atomic E-state index is 14.5. The number of carbonyl (C=O) groups excluding carboxylic acids is 1. The monoisotopic (exact) mass is 542 g/mol. The summed E-state index contributed by atoms with van der Waals surface area (Å²) in [6, 6.07) is 14.5. The molecule has 0 bridgehead atoms. The standard InChI is InChI=1S/C27H32ClFN6O3/c1-37-12-13-38-23-10-8-19(9-11-23)34-27-31-16-24(29)26(35-27)33-22-7-3-6-21(15-22)32-25(36)17-30-20-5-2-4-18(28)14-20/h2,4-5,8-11,14,16,21-22,30H,3,6-7,12-13,15,17H2,1H3,(H,32,36)(H2,31,33,34,35). The zero-order valence-electron chi connectivity index (χ0n) is 21.2. The molecular weight excluding hydrogens is 511 g/mol. The summed E-state index contributed by atoms with van der Waals surface area (Å²) in [6.07, 6.45) is 4.43. The number of rotatable bonds is 12. The molecule has 2 unspecified atom stereocenters. The van der Waals surface area contributed by atoms with Crippen LogP contribution in [0, 0.1) is 5.82 Å². The first-order valence-corrected chi connectivity index (χ1v) is 12.9. The second-order valence-electron chi connectivity index (χ2n) is 9.02. The summed E-state index contributed by atoms with van der Waals surface area (Å²) in [5.41, 5.74) is 1.53. The summed E-state index contributed by atoms with van der Waals surface area (Å²) in [4.78, 5) is 20.9. The van der Waals surface area contributed by atoms with Crippen LogP contribution in [0.1, 0.15) is 25.7 Å². The normalized spacial score (nSPS) is 16.9. The molecule has 1 amide bonds. The molecule has 0 spiro atoms. The molecule has 38 heavy (non-hydrogen) atoms. The van der Waals surface area contributed by atoms with E-state index in [4.69, 9.17) is 21.1 Å². The maximum Gasteiger partial charge on any atom is 0.239 e. The lowest BCUT2D eigenvalue weighted by molar-refractivity contribution is -0.120. The summed E-state index contributed by atoms with van der Waals surface area (Å²) in [7, 11) is 1.62. The summed E-state index contributed by atoms with van der Waals surface area (Å²) < 4.78 is 25.1. The Bertz CT molecular complexity index is 1200. The number of carbonyl (C=O) groups is 1. The Kier molecular flexibility index (Phi) is 9.94. The third-order valence-corrected chi connectivity index (χ3v) is 6.30. The number of hydrogen-bond donors (Lipinski definition) is 4. The zero-order valence-corrected chi connectivity index (χ0v) is 21.9. The molecule has 4 rings (SSSR count). The Hall–Kier alpha value is -3.63. The van der Waals surface area contributed by atoms with Crippen LogP contribution in [-0.4, -0.2) is 54.8 Å². The van der Waals surface area contributed by atoms with E-state index >= 15 is 0 Å². The van der Waals surface area contributed by atoms with Crippen LogP contribution >= 0.6 is 11.6 Å². The van der Waals surface area contributed by atoms with E-state index in [-0.39, 0.29) is 36.3 Å². The van der Waals surface area contributed by atoms with Crippen molar-refractivity contribution in [2.45, 2.75) is 37.8 Å². The lowest BCUT2D eigenvalue weighted by atomic mass is 9.91. The smallest absolute Gasteiger partial charge is 0.239 e. The van der Waals surface area contributed by atoms with Crippen molar-refractivity contribution >= 4 is 40.6 Å². The predicted octanol–water partition coefficient (Wildman–Crippen LogP) is 4.99. The zero-order chi connectivity index (χ0) is 26.7. The fourth-order valence-corrected chi connectivity index (χ4v) is 4.43. The fraction of sp³-hybridized carbons (Fsp3) is 0.370. The number of benzene rings is 2. The summed E-state index contributed by atoms with van der Waals surface area (Å²) in [5.74, 6) is 0.477. The van der Waals surface area contributed by atoms with E-state index in [2.05, 4.69) is 31.2 Å². The van der Waals surface area contributed by atoms with E-state index < -0.39 is 5.82 Å². The first-order valence-electron chi connectivity index (χ1n) is 12.5. The second-order valence-corrected chi connectivity index (χ2v) is 9.45. The van der Waals surface area contributed by atoms with Crippen LogP contribution in [0.4, 0.5) is 27.5 Å². The van der Waals surface area contributed by atoms with Gasteiger partial charge in [-0.2, -0.15) is 4.98 Å². The van der Waals surface area contributed by atoms with Gasteiger partial charge >= 0.3 is 0 Å². The van der Waals surface area contributed by atoms with Crippen LogP contribution in [0.5, 0.6) is 5.75 Å². The average molecular weight is 543 g/mol. The van der Waals surface area contributed by atoms with E-state index in [1.54, 1.807) is 19.2 Å². The lowest BCUT2D eigenvalue weighted by Crippen LogP contribution is -2.43. The number of anilines is 4. The van der Waals surface area contributed by atoms with Gasteiger partial charge in [0.05, 0.1) is 19.3 Å². The van der Waals surface area contributed by atoms with Crippen LogP contribution in [0.25, 0.3) is 0 Å². The number of nitrogens with one attached hydrogen (secondary N) is 4. The molecule has 3 aromatic rings. The third kappa shape index (κ3) is 8.46. The van der Waals surface area contributed by atoms with Crippen molar-refractivity contribution < 1.29 is 18.7 Å². The Morgan fingerprint density at radius 2 is 1.92 bits per heavy atom. The van der Waals surface area contributed by atoms with Gasteiger partial charge in [-0.1, -0.05) is 17.7 Å². The highest BCUT2D eigenvalue weighted by molar-refractivity contribution is 6.30. The number of nitrogens with zero attached hydrogens (tertiary/aromatic N) is 2. The first kappa shape index (κ1) is 27.4. The maximum absolute atomic E-state index is 14.5. The topological polar surface area (TPSA) is 109 Å². The van der Waals surface area contributed by atoms with Gasteiger partial charge in [0, 0.05) is 35.6 Å². The molecule has 11 heteroatoms. The van der Waals surface area contributed by atoms with Gasteiger partial charge < -0.3 is 30.7 Å². The van der Waals surface area contributed by atoms with Crippen molar-refractivity contribution in [3.63, 3.8) is 0 Å². The Morgan fingerprint density at radius 3 is 2.71 bits per heavy atom. The van der Waals surface area contributed by atoms with Crippen LogP contribution in [0.2, 0.25) is 5.02 Å². The molecule has 1 heterocycles. The van der Waals surface area contributed by atoms with Crippen LogP contribution in [0.15, 0.2) is 54.7 Å². The number of halogens is 2.